The fourth-order valence-electron chi connectivity index (χ4n) is 1.79. The van der Waals surface area contributed by atoms with E-state index in [0.717, 1.165) is 16.7 Å². The van der Waals surface area contributed by atoms with Crippen LogP contribution in [0, 0.1) is 0 Å². The molecule has 25 heavy (non-hydrogen) atoms. The summed E-state index contributed by atoms with van der Waals surface area (Å²) in [6, 6.07) is 12.1. The molecule has 1 amide bonds. The summed E-state index contributed by atoms with van der Waals surface area (Å²) < 4.78 is 0.901. The smallest absolute Gasteiger partial charge is 0.271 e. The Bertz CT molecular complexity index is 700. The summed E-state index contributed by atoms with van der Waals surface area (Å²) in [4.78, 5) is 11.9. The second kappa shape index (κ2) is 11.3. The number of carbonyl (C=O) groups is 1. The number of nitrogens with zero attached hydrogens (tertiary/aromatic N) is 1. The zero-order valence-electron chi connectivity index (χ0n) is 14.7. The van der Waals surface area contributed by atoms with Gasteiger partial charge in [0.25, 0.3) is 5.91 Å². The molecule has 3 N–H and O–H groups in total. The van der Waals surface area contributed by atoms with E-state index in [1.807, 2.05) is 13.0 Å². The number of anilines is 1. The van der Waals surface area contributed by atoms with Gasteiger partial charge in [-0.3, -0.25) is 4.79 Å². The lowest BCUT2D eigenvalue weighted by molar-refractivity contribution is 0.0955. The zero-order valence-corrected chi connectivity index (χ0v) is 16.3. The molecule has 0 heterocycles. The Morgan fingerprint density at radius 3 is 2.36 bits per heavy atom. The van der Waals surface area contributed by atoms with Crippen LogP contribution >= 0.6 is 15.9 Å². The maximum absolute atomic E-state index is 11.9. The highest BCUT2D eigenvalue weighted by Gasteiger charge is 2.04. The monoisotopic (exact) mass is 405 g/mol. The molecule has 2 rings (SSSR count). The molecule has 0 aliphatic heterocycles. The number of hydrazone groups is 1. The quantitative estimate of drug-likeness (QED) is 0.495. The van der Waals surface area contributed by atoms with Crippen LogP contribution in [-0.4, -0.2) is 23.8 Å². The first-order valence-corrected chi connectivity index (χ1v) is 8.96. The van der Waals surface area contributed by atoms with Gasteiger partial charge in [0, 0.05) is 33.9 Å². The number of halogens is 1. The molecular formula is C19H24BrN3O2. The number of aromatic hydroxyl groups is 1. The van der Waals surface area contributed by atoms with Gasteiger partial charge < -0.3 is 10.4 Å². The number of carbonyl (C=O) groups excluding carboxylic acids is 1. The van der Waals surface area contributed by atoms with Crippen LogP contribution in [0.1, 0.15) is 43.1 Å². The third-order valence-corrected chi connectivity index (χ3v) is 3.42. The Balaban J connectivity index is 0.000000970. The Hall–Kier alpha value is -2.34. The summed E-state index contributed by atoms with van der Waals surface area (Å²) in [6.07, 6.45) is 2.65. The van der Waals surface area contributed by atoms with Gasteiger partial charge in [0.2, 0.25) is 0 Å². The Morgan fingerprint density at radius 1 is 1.16 bits per heavy atom. The molecule has 2 aromatic carbocycles. The summed E-state index contributed by atoms with van der Waals surface area (Å²) in [5.74, 6) is -0.215. The summed E-state index contributed by atoms with van der Waals surface area (Å²) in [6.45, 7) is 7.00. The third kappa shape index (κ3) is 7.39. The molecule has 0 aliphatic carbocycles. The number of hydrogen-bond donors (Lipinski definition) is 3. The molecule has 0 radical (unpaired) electrons. The second-order valence-corrected chi connectivity index (χ2v) is 6.13. The maximum atomic E-state index is 11.9. The van der Waals surface area contributed by atoms with Gasteiger partial charge in [0.05, 0.1) is 6.21 Å². The average Bonchev–Trinajstić information content (AvgIpc) is 2.58. The van der Waals surface area contributed by atoms with Gasteiger partial charge in [-0.15, -0.1) is 0 Å². The van der Waals surface area contributed by atoms with Crippen molar-refractivity contribution in [2.24, 2.45) is 5.10 Å². The SMILES string of the molecule is CCC.CCNc1ccc(/C=N/NC(=O)c2ccc(Br)cc2)c(O)c1. The van der Waals surface area contributed by atoms with Gasteiger partial charge >= 0.3 is 0 Å². The fourth-order valence-corrected chi connectivity index (χ4v) is 2.06. The van der Waals surface area contributed by atoms with Gasteiger partial charge in [-0.2, -0.15) is 5.10 Å². The van der Waals surface area contributed by atoms with Gasteiger partial charge in [0.15, 0.2) is 0 Å². The van der Waals surface area contributed by atoms with Crippen molar-refractivity contribution in [1.82, 2.24) is 5.43 Å². The van der Waals surface area contributed by atoms with Crippen molar-refractivity contribution < 1.29 is 9.90 Å². The molecule has 0 atom stereocenters. The van der Waals surface area contributed by atoms with E-state index >= 15 is 0 Å². The van der Waals surface area contributed by atoms with Gasteiger partial charge in [-0.05, 0) is 43.3 Å². The molecule has 0 saturated heterocycles. The number of rotatable bonds is 5. The van der Waals surface area contributed by atoms with Crippen LogP contribution in [0.5, 0.6) is 5.75 Å². The molecule has 6 heteroatoms. The molecule has 0 saturated carbocycles. The van der Waals surface area contributed by atoms with E-state index in [-0.39, 0.29) is 11.7 Å². The van der Waals surface area contributed by atoms with Gasteiger partial charge in [0.1, 0.15) is 5.75 Å². The third-order valence-electron chi connectivity index (χ3n) is 2.89. The van der Waals surface area contributed by atoms with E-state index in [0.29, 0.717) is 11.1 Å². The minimum atomic E-state index is -0.312. The molecule has 2 aromatic rings. The van der Waals surface area contributed by atoms with Crippen LogP contribution in [0.25, 0.3) is 0 Å². The number of benzene rings is 2. The van der Waals surface area contributed by atoms with Gasteiger partial charge in [-0.25, -0.2) is 5.43 Å². The van der Waals surface area contributed by atoms with Crippen molar-refractivity contribution in [3.05, 3.63) is 58.1 Å². The van der Waals surface area contributed by atoms with Gasteiger partial charge in [-0.1, -0.05) is 36.2 Å². The Kier molecular flexibility index (Phi) is 9.32. The maximum Gasteiger partial charge on any atom is 0.271 e. The molecule has 0 aliphatic rings. The predicted molar refractivity (Wildman–Crippen MR) is 107 cm³/mol. The number of amides is 1. The molecule has 134 valence electrons. The summed E-state index contributed by atoms with van der Waals surface area (Å²) in [5, 5.41) is 16.8. The summed E-state index contributed by atoms with van der Waals surface area (Å²) >= 11 is 3.31. The molecule has 0 aromatic heterocycles. The van der Waals surface area contributed by atoms with Crippen molar-refractivity contribution >= 4 is 33.7 Å². The first kappa shape index (κ1) is 20.7. The van der Waals surface area contributed by atoms with Crippen LogP contribution in [0.2, 0.25) is 0 Å². The second-order valence-electron chi connectivity index (χ2n) is 5.22. The van der Waals surface area contributed by atoms with E-state index in [1.54, 1.807) is 36.4 Å². The highest BCUT2D eigenvalue weighted by atomic mass is 79.9. The van der Waals surface area contributed by atoms with E-state index < -0.39 is 0 Å². The molecule has 0 spiro atoms. The molecule has 0 unspecified atom stereocenters. The van der Waals surface area contributed by atoms with E-state index in [4.69, 9.17) is 0 Å². The molecule has 5 nitrogen and oxygen atoms in total. The van der Waals surface area contributed by atoms with Crippen molar-refractivity contribution in [2.45, 2.75) is 27.2 Å². The normalized spacial score (nSPS) is 10.1. The predicted octanol–water partition coefficient (Wildman–Crippen LogP) is 4.77. The summed E-state index contributed by atoms with van der Waals surface area (Å²) in [5.41, 5.74) is 4.28. The highest BCUT2D eigenvalue weighted by molar-refractivity contribution is 9.10. The highest BCUT2D eigenvalue weighted by Crippen LogP contribution is 2.20. The fraction of sp³-hybridized carbons (Fsp3) is 0.263. The minimum absolute atomic E-state index is 0.0973. The first-order valence-electron chi connectivity index (χ1n) is 8.17. The van der Waals surface area contributed by atoms with Crippen LogP contribution < -0.4 is 10.7 Å². The lowest BCUT2D eigenvalue weighted by atomic mass is 10.2. The topological polar surface area (TPSA) is 73.7 Å². The first-order chi connectivity index (χ1) is 12.0. The summed E-state index contributed by atoms with van der Waals surface area (Å²) in [7, 11) is 0. The standard InChI is InChI=1S/C16H16BrN3O2.C3H8/c1-2-18-14-8-5-12(15(21)9-14)10-19-20-16(22)11-3-6-13(17)7-4-11;1-3-2/h3-10,18,21H,2H2,1H3,(H,20,22);3H2,1-2H3/b19-10+;. The molecular weight excluding hydrogens is 382 g/mol. The largest absolute Gasteiger partial charge is 0.507 e. The lowest BCUT2D eigenvalue weighted by Crippen LogP contribution is -2.17. The zero-order chi connectivity index (χ0) is 18.7. The molecule has 0 fully saturated rings. The van der Waals surface area contributed by atoms with Crippen LogP contribution in [0.4, 0.5) is 5.69 Å². The Labute approximate surface area is 157 Å². The number of phenolic OH excluding ortho intramolecular Hbond substituents is 1. The molecule has 0 bridgehead atoms. The van der Waals surface area contributed by atoms with E-state index in [1.165, 1.54) is 12.6 Å². The van der Waals surface area contributed by atoms with Crippen molar-refractivity contribution in [3.8, 4) is 5.75 Å². The van der Waals surface area contributed by atoms with Crippen LogP contribution in [-0.2, 0) is 0 Å². The van der Waals surface area contributed by atoms with E-state index in [9.17, 15) is 9.90 Å². The lowest BCUT2D eigenvalue weighted by Gasteiger charge is -2.05. The number of phenols is 1. The van der Waals surface area contributed by atoms with Crippen molar-refractivity contribution in [1.29, 1.82) is 0 Å². The average molecular weight is 406 g/mol. The van der Waals surface area contributed by atoms with Crippen LogP contribution in [0.15, 0.2) is 52.0 Å². The minimum Gasteiger partial charge on any atom is -0.507 e. The van der Waals surface area contributed by atoms with Crippen molar-refractivity contribution in [3.63, 3.8) is 0 Å². The number of nitrogens with one attached hydrogen (secondary N) is 2. The van der Waals surface area contributed by atoms with E-state index in [2.05, 4.69) is 45.6 Å². The van der Waals surface area contributed by atoms with Crippen molar-refractivity contribution in [2.75, 3.05) is 11.9 Å². The Morgan fingerprint density at radius 2 is 1.80 bits per heavy atom. The van der Waals surface area contributed by atoms with Crippen LogP contribution in [0.3, 0.4) is 0 Å². The number of hydrogen-bond acceptors (Lipinski definition) is 4.